The van der Waals surface area contributed by atoms with Gasteiger partial charge in [-0.05, 0) is 181 Å². The predicted octanol–water partition coefficient (Wildman–Crippen LogP) is 22.0. The molecule has 17 aromatic rings. The van der Waals surface area contributed by atoms with Crippen molar-refractivity contribution in [2.75, 3.05) is 9.80 Å². The van der Waals surface area contributed by atoms with E-state index in [9.17, 15) is 0 Å². The molecular weight excluding hydrogens is 1070 g/mol. The molecule has 414 valence electrons. The molecule has 0 aliphatic rings. The van der Waals surface area contributed by atoms with Crippen LogP contribution in [0.3, 0.4) is 0 Å². The summed E-state index contributed by atoms with van der Waals surface area (Å²) < 4.78 is 9.63. The maximum absolute atomic E-state index is 2.44. The molecule has 0 bridgehead atoms. The van der Waals surface area contributed by atoms with Crippen LogP contribution in [0.5, 0.6) is 0 Å². The van der Waals surface area contributed by atoms with Crippen molar-refractivity contribution in [2.45, 2.75) is 0 Å². The third kappa shape index (κ3) is 8.49. The Balaban J connectivity index is 0.783. The van der Waals surface area contributed by atoms with E-state index in [0.29, 0.717) is 0 Å². The summed E-state index contributed by atoms with van der Waals surface area (Å²) in [6.07, 6.45) is 0. The van der Waals surface area contributed by atoms with Crippen molar-refractivity contribution in [1.82, 2.24) is 18.3 Å². The van der Waals surface area contributed by atoms with Crippen LogP contribution < -0.4 is 9.80 Å². The first-order valence-electron chi connectivity index (χ1n) is 30.1. The Hall–Kier alpha value is -11.9. The van der Waals surface area contributed by atoms with Crippen molar-refractivity contribution < 1.29 is 0 Å². The van der Waals surface area contributed by atoms with Crippen LogP contribution in [0.25, 0.3) is 111 Å². The van der Waals surface area contributed by atoms with E-state index >= 15 is 0 Å². The summed E-state index contributed by atoms with van der Waals surface area (Å²) in [4.78, 5) is 4.75. The number of anilines is 6. The Morgan fingerprint density at radius 1 is 0.182 bits per heavy atom. The summed E-state index contributed by atoms with van der Waals surface area (Å²) in [5, 5.41) is 7.16. The molecule has 0 fully saturated rings. The number of nitrogens with zero attached hydrogens (tertiary/aromatic N) is 6. The highest BCUT2D eigenvalue weighted by molar-refractivity contribution is 6.12. The van der Waals surface area contributed by atoms with E-state index in [1.54, 1.807) is 0 Å². The van der Waals surface area contributed by atoms with E-state index in [0.717, 1.165) is 101 Å². The van der Waals surface area contributed by atoms with Gasteiger partial charge < -0.3 is 28.1 Å². The summed E-state index contributed by atoms with van der Waals surface area (Å²) in [7, 11) is 0. The first-order chi connectivity index (χ1) is 43.7. The number of benzene rings is 13. The van der Waals surface area contributed by atoms with Gasteiger partial charge in [0.15, 0.2) is 0 Å². The average Bonchev–Trinajstić information content (AvgIpc) is 1.79. The third-order valence-electron chi connectivity index (χ3n) is 17.5. The Morgan fingerprint density at radius 3 is 0.864 bits per heavy atom. The molecule has 0 radical (unpaired) electrons. The lowest BCUT2D eigenvalue weighted by Gasteiger charge is -2.26. The fraction of sp³-hybridized carbons (Fsp3) is 0. The van der Waals surface area contributed by atoms with Crippen molar-refractivity contribution in [1.29, 1.82) is 0 Å². The molecule has 13 aromatic carbocycles. The minimum absolute atomic E-state index is 1.07. The highest BCUT2D eigenvalue weighted by atomic mass is 15.2. The average molecular weight is 1130 g/mol. The zero-order valence-electron chi connectivity index (χ0n) is 48.0. The molecule has 6 nitrogen and oxygen atoms in total. The quantitative estimate of drug-likeness (QED) is 0.122. The second kappa shape index (κ2) is 21.0. The Labute approximate surface area is 509 Å². The molecule has 88 heavy (non-hydrogen) atoms. The maximum atomic E-state index is 2.44. The van der Waals surface area contributed by atoms with Gasteiger partial charge in [-0.15, -0.1) is 0 Å². The normalized spacial score (nSPS) is 11.6. The monoisotopic (exact) mass is 1120 g/mol. The molecule has 6 heteroatoms. The highest BCUT2D eigenvalue weighted by Gasteiger charge is 2.23. The molecule has 4 aromatic heterocycles. The molecule has 0 aliphatic carbocycles. The number of hydrogen-bond donors (Lipinski definition) is 0. The van der Waals surface area contributed by atoms with Gasteiger partial charge >= 0.3 is 0 Å². The smallest absolute Gasteiger partial charge is 0.0542 e. The van der Waals surface area contributed by atoms with Gasteiger partial charge in [-0.25, -0.2) is 0 Å². The van der Waals surface area contributed by atoms with Gasteiger partial charge in [0.25, 0.3) is 0 Å². The fourth-order valence-corrected chi connectivity index (χ4v) is 13.6. The van der Waals surface area contributed by atoms with Gasteiger partial charge in [-0.1, -0.05) is 170 Å². The lowest BCUT2D eigenvalue weighted by Crippen LogP contribution is -2.10. The van der Waals surface area contributed by atoms with E-state index in [2.05, 4.69) is 368 Å². The highest BCUT2D eigenvalue weighted by Crippen LogP contribution is 2.44. The summed E-state index contributed by atoms with van der Waals surface area (Å²) in [6, 6.07) is 123. The molecule has 4 heterocycles. The number of para-hydroxylation sites is 6. The van der Waals surface area contributed by atoms with Crippen LogP contribution in [0.2, 0.25) is 0 Å². The Kier molecular flexibility index (Phi) is 12.1. The number of aromatic nitrogens is 4. The Morgan fingerprint density at radius 2 is 0.477 bits per heavy atom. The van der Waals surface area contributed by atoms with Gasteiger partial charge in [0.1, 0.15) is 0 Å². The van der Waals surface area contributed by atoms with Crippen molar-refractivity contribution >= 4 is 99.5 Å². The molecule has 0 saturated carbocycles. The van der Waals surface area contributed by atoms with Crippen LogP contribution in [0.4, 0.5) is 34.1 Å². The molecule has 0 amide bonds. The van der Waals surface area contributed by atoms with Crippen LogP contribution in [0.1, 0.15) is 0 Å². The number of hydrogen-bond acceptors (Lipinski definition) is 2. The summed E-state index contributed by atoms with van der Waals surface area (Å²) >= 11 is 0. The number of fused-ring (bicyclic) bond motifs is 8. The van der Waals surface area contributed by atoms with Crippen molar-refractivity contribution in [3.63, 3.8) is 0 Å². The first-order valence-corrected chi connectivity index (χ1v) is 30.1. The molecule has 17 rings (SSSR count). The topological polar surface area (TPSA) is 26.2 Å². The molecule has 0 spiro atoms. The van der Waals surface area contributed by atoms with E-state index in [4.69, 9.17) is 0 Å². The van der Waals surface area contributed by atoms with Crippen molar-refractivity contribution in [2.24, 2.45) is 0 Å². The largest absolute Gasteiger partial charge is 0.310 e. The van der Waals surface area contributed by atoms with Crippen LogP contribution in [-0.2, 0) is 0 Å². The van der Waals surface area contributed by atoms with Gasteiger partial charge in [0.2, 0.25) is 0 Å². The van der Waals surface area contributed by atoms with Gasteiger partial charge in [-0.3, -0.25) is 0 Å². The van der Waals surface area contributed by atoms with E-state index in [1.807, 2.05) is 0 Å². The van der Waals surface area contributed by atoms with E-state index in [-0.39, 0.29) is 0 Å². The Bertz CT molecular complexity index is 5060. The summed E-state index contributed by atoms with van der Waals surface area (Å²) in [6.45, 7) is 0. The van der Waals surface area contributed by atoms with E-state index in [1.165, 1.54) is 43.6 Å². The molecule has 0 saturated heterocycles. The minimum Gasteiger partial charge on any atom is -0.310 e. The van der Waals surface area contributed by atoms with Crippen molar-refractivity contribution in [3.05, 3.63) is 340 Å². The van der Waals surface area contributed by atoms with Crippen LogP contribution >= 0.6 is 0 Å². The van der Waals surface area contributed by atoms with Crippen LogP contribution in [-0.4, -0.2) is 18.3 Å². The van der Waals surface area contributed by atoms with Gasteiger partial charge in [-0.2, -0.15) is 0 Å². The second-order valence-electron chi connectivity index (χ2n) is 22.6. The molecule has 0 atom stereocenters. The predicted molar refractivity (Wildman–Crippen MR) is 369 cm³/mol. The lowest BCUT2D eigenvalue weighted by molar-refractivity contribution is 1.13. The lowest BCUT2D eigenvalue weighted by atomic mass is 10.1. The van der Waals surface area contributed by atoms with E-state index < -0.39 is 0 Å². The third-order valence-corrected chi connectivity index (χ3v) is 17.5. The zero-order chi connectivity index (χ0) is 58.1. The fourth-order valence-electron chi connectivity index (χ4n) is 13.6. The molecule has 0 aliphatic heterocycles. The van der Waals surface area contributed by atoms with Gasteiger partial charge in [0.05, 0.1) is 44.5 Å². The molecular formula is C82H56N6. The summed E-state index contributed by atoms with van der Waals surface area (Å²) in [5.74, 6) is 0. The number of rotatable bonds is 12. The van der Waals surface area contributed by atoms with Gasteiger partial charge in [0, 0.05) is 89.2 Å². The first kappa shape index (κ1) is 50.6. The zero-order valence-corrected chi connectivity index (χ0v) is 48.0. The maximum Gasteiger partial charge on any atom is 0.0542 e. The summed E-state index contributed by atoms with van der Waals surface area (Å²) in [5.41, 5.74) is 22.5. The SMILES string of the molecule is c1ccc(-c2cc3cc4c(cc(-c5ccccc5)n4-c4ccc(N(c5ccccc5)c5ccc6c(c5)c5ccccc5n6-c5ccccc5)cc4)cc3n2-c2ccc(N(c3ccccc3)c3ccc4c(c3)c3ccccc3n4-c3ccccc3)cc2)cc1. The molecule has 0 unspecified atom stereocenters. The molecule has 0 N–H and O–H groups in total. The van der Waals surface area contributed by atoms with Crippen LogP contribution in [0.15, 0.2) is 340 Å². The van der Waals surface area contributed by atoms with Crippen LogP contribution in [0, 0.1) is 0 Å². The second-order valence-corrected chi connectivity index (χ2v) is 22.6. The minimum atomic E-state index is 1.07. The van der Waals surface area contributed by atoms with Crippen molar-refractivity contribution in [3.8, 4) is 45.3 Å². The standard InChI is InChI=1S/C82H56N6/c1-7-23-57(24-8-1)79-51-59-53-82-60(54-81(59)87(79)67-43-39-65(40-44-67)83(61-27-11-3-12-28-61)69-47-49-77-73(55-69)71-35-19-21-37-75(71)85(77)63-31-15-5-16-32-63)52-80(58-25-9-2-10-26-58)88(82)68-45-41-66(42-46-68)84(62-29-13-4-14-30-62)70-48-50-78-74(56-70)72-36-20-22-38-76(72)86(78)64-33-17-6-18-34-64/h1-56H.